The molecule has 28 heavy (non-hydrogen) atoms. The molecule has 2 aliphatic heterocycles. The zero-order valence-corrected chi connectivity index (χ0v) is 17.4. The van der Waals surface area contributed by atoms with Crippen LogP contribution >= 0.6 is 0 Å². The minimum atomic E-state index is -0.0567. The number of hydrogen-bond acceptors (Lipinski definition) is 1. The van der Waals surface area contributed by atoms with Crippen LogP contribution in [0.1, 0.15) is 67.1 Å². The van der Waals surface area contributed by atoms with Crippen LogP contribution in [0.25, 0.3) is 0 Å². The monoisotopic (exact) mass is 367 g/mol. The molecule has 0 spiro atoms. The quantitative estimate of drug-likeness (QED) is 0.509. The molecule has 2 aliphatic rings. The number of benzene rings is 3. The summed E-state index contributed by atoms with van der Waals surface area (Å²) < 4.78 is 0. The maximum atomic E-state index is 2.73. The highest BCUT2D eigenvalue weighted by Gasteiger charge is 2.51. The summed E-state index contributed by atoms with van der Waals surface area (Å²) in [6.45, 7) is 10.2. The van der Waals surface area contributed by atoms with Crippen molar-refractivity contribution in [3.8, 4) is 0 Å². The Morgan fingerprint density at radius 3 is 2.21 bits per heavy atom. The Hall–Kier alpha value is -2.38. The van der Waals surface area contributed by atoms with E-state index in [0.29, 0.717) is 6.04 Å². The third-order valence-electron chi connectivity index (χ3n) is 6.92. The van der Waals surface area contributed by atoms with Crippen molar-refractivity contribution in [1.29, 1.82) is 0 Å². The molecule has 2 bridgehead atoms. The maximum absolute atomic E-state index is 2.73. The Kier molecular flexibility index (Phi) is 3.83. The van der Waals surface area contributed by atoms with Crippen molar-refractivity contribution in [1.82, 2.24) is 4.90 Å². The van der Waals surface area contributed by atoms with Gasteiger partial charge in [0.1, 0.15) is 0 Å². The lowest BCUT2D eigenvalue weighted by Gasteiger charge is -2.44. The van der Waals surface area contributed by atoms with Gasteiger partial charge in [0.05, 0.1) is 5.54 Å². The van der Waals surface area contributed by atoms with E-state index in [1.54, 1.807) is 0 Å². The van der Waals surface area contributed by atoms with E-state index in [4.69, 9.17) is 0 Å². The first-order chi connectivity index (χ1) is 13.4. The predicted octanol–water partition coefficient (Wildman–Crippen LogP) is 6.36. The smallest absolute Gasteiger partial charge is 0.0700 e. The Bertz CT molecular complexity index is 1010. The van der Waals surface area contributed by atoms with Gasteiger partial charge in [-0.05, 0) is 52.1 Å². The molecule has 0 radical (unpaired) electrons. The summed E-state index contributed by atoms with van der Waals surface area (Å²) in [7, 11) is 0. The molecule has 0 amide bonds. The molecule has 5 rings (SSSR count). The van der Waals surface area contributed by atoms with Crippen LogP contribution in [-0.4, -0.2) is 4.90 Å². The zero-order chi connectivity index (χ0) is 19.5. The van der Waals surface area contributed by atoms with Crippen LogP contribution in [0.4, 0.5) is 0 Å². The van der Waals surface area contributed by atoms with Crippen LogP contribution in [-0.2, 0) is 23.9 Å². The van der Waals surface area contributed by atoms with Crippen LogP contribution in [0.15, 0.2) is 72.8 Å². The van der Waals surface area contributed by atoms with E-state index in [1.165, 1.54) is 33.4 Å². The van der Waals surface area contributed by atoms with Crippen molar-refractivity contribution in [3.63, 3.8) is 0 Å². The van der Waals surface area contributed by atoms with Crippen molar-refractivity contribution in [2.45, 2.75) is 57.7 Å². The van der Waals surface area contributed by atoms with Gasteiger partial charge in [-0.25, -0.2) is 0 Å². The summed E-state index contributed by atoms with van der Waals surface area (Å²) in [6.07, 6.45) is 1.10. The lowest BCUT2D eigenvalue weighted by atomic mass is 9.80. The lowest BCUT2D eigenvalue weighted by molar-refractivity contribution is 0.0864. The van der Waals surface area contributed by atoms with Crippen molar-refractivity contribution >= 4 is 0 Å². The molecule has 1 nitrogen and oxygen atoms in total. The van der Waals surface area contributed by atoms with Gasteiger partial charge in [-0.15, -0.1) is 0 Å². The minimum Gasteiger partial charge on any atom is -0.278 e. The van der Waals surface area contributed by atoms with Gasteiger partial charge in [-0.3, -0.25) is 4.90 Å². The van der Waals surface area contributed by atoms with E-state index in [1.807, 2.05) is 0 Å². The number of nitrogens with zero attached hydrogens (tertiary/aromatic N) is 1. The lowest BCUT2D eigenvalue weighted by Crippen LogP contribution is -2.45. The van der Waals surface area contributed by atoms with Crippen LogP contribution in [0.3, 0.4) is 0 Å². The Morgan fingerprint density at radius 1 is 0.857 bits per heavy atom. The molecule has 0 aromatic heterocycles. The van der Waals surface area contributed by atoms with E-state index in [-0.39, 0.29) is 11.0 Å². The van der Waals surface area contributed by atoms with Crippen molar-refractivity contribution in [3.05, 3.63) is 106 Å². The van der Waals surface area contributed by atoms with Gasteiger partial charge in [-0.2, -0.15) is 0 Å². The van der Waals surface area contributed by atoms with E-state index in [9.17, 15) is 0 Å². The summed E-state index contributed by atoms with van der Waals surface area (Å²) in [5.74, 6) is 0. The summed E-state index contributed by atoms with van der Waals surface area (Å²) >= 11 is 0. The Labute approximate surface area is 169 Å². The highest BCUT2D eigenvalue weighted by Crippen LogP contribution is 2.55. The standard InChI is InChI=1S/C27H29N/c1-26(2,3)21-15-13-19(14-16-21)18-28-25-17-20-9-5-7-11-23(20)27(28,4)24-12-8-6-10-22(24)25/h5-16,25H,17-18H2,1-4H3/t25-,27+/m1/s1. The first kappa shape index (κ1) is 17.7. The predicted molar refractivity (Wildman–Crippen MR) is 116 cm³/mol. The SMILES string of the molecule is CC(C)(C)c1ccc(CN2[C@@H]3Cc4ccccc4[C@@]2(C)c2ccccc23)cc1. The van der Waals surface area contributed by atoms with Gasteiger partial charge >= 0.3 is 0 Å². The second-order valence-corrected chi connectivity index (χ2v) is 9.61. The molecule has 0 saturated heterocycles. The molecule has 0 fully saturated rings. The molecule has 0 unspecified atom stereocenters. The Balaban J connectivity index is 1.58. The van der Waals surface area contributed by atoms with Crippen LogP contribution in [0, 0.1) is 0 Å². The van der Waals surface area contributed by atoms with Gasteiger partial charge in [0.25, 0.3) is 0 Å². The fourth-order valence-corrected chi connectivity index (χ4v) is 5.34. The molecule has 0 aliphatic carbocycles. The molecule has 142 valence electrons. The highest BCUT2D eigenvalue weighted by molar-refractivity contribution is 5.54. The van der Waals surface area contributed by atoms with Crippen LogP contribution in [0.5, 0.6) is 0 Å². The zero-order valence-electron chi connectivity index (χ0n) is 17.4. The minimum absolute atomic E-state index is 0.0567. The van der Waals surface area contributed by atoms with E-state index < -0.39 is 0 Å². The summed E-state index contributed by atoms with van der Waals surface area (Å²) in [4.78, 5) is 2.73. The average Bonchev–Trinajstić information content (AvgIpc) is 2.85. The summed E-state index contributed by atoms with van der Waals surface area (Å²) in [6, 6.07) is 27.9. The van der Waals surface area contributed by atoms with E-state index >= 15 is 0 Å². The van der Waals surface area contributed by atoms with E-state index in [0.717, 1.165) is 13.0 Å². The van der Waals surface area contributed by atoms with E-state index in [2.05, 4.69) is 105 Å². The second-order valence-electron chi connectivity index (χ2n) is 9.61. The first-order valence-corrected chi connectivity index (χ1v) is 10.4. The summed E-state index contributed by atoms with van der Waals surface area (Å²) in [5, 5.41) is 0. The fraction of sp³-hybridized carbons (Fsp3) is 0.333. The van der Waals surface area contributed by atoms with Crippen LogP contribution < -0.4 is 0 Å². The molecular weight excluding hydrogens is 338 g/mol. The van der Waals surface area contributed by atoms with Gasteiger partial charge in [0.15, 0.2) is 0 Å². The highest BCUT2D eigenvalue weighted by atomic mass is 15.3. The van der Waals surface area contributed by atoms with Crippen molar-refractivity contribution in [2.75, 3.05) is 0 Å². The summed E-state index contributed by atoms with van der Waals surface area (Å²) in [5.41, 5.74) is 8.91. The van der Waals surface area contributed by atoms with Gasteiger partial charge < -0.3 is 0 Å². The van der Waals surface area contributed by atoms with Crippen LogP contribution in [0.2, 0.25) is 0 Å². The first-order valence-electron chi connectivity index (χ1n) is 10.4. The normalized spacial score (nSPS) is 23.4. The number of rotatable bonds is 2. The maximum Gasteiger partial charge on any atom is 0.0700 e. The second kappa shape index (κ2) is 6.06. The molecule has 0 N–H and O–H groups in total. The van der Waals surface area contributed by atoms with Gasteiger partial charge in [-0.1, -0.05) is 93.6 Å². The number of fused-ring (bicyclic) bond motifs is 7. The largest absolute Gasteiger partial charge is 0.278 e. The molecule has 3 aromatic rings. The third-order valence-corrected chi connectivity index (χ3v) is 6.92. The topological polar surface area (TPSA) is 3.24 Å². The molecular formula is C27H29N. The third kappa shape index (κ3) is 2.49. The van der Waals surface area contributed by atoms with Crippen molar-refractivity contribution in [2.24, 2.45) is 0 Å². The van der Waals surface area contributed by atoms with Crippen molar-refractivity contribution < 1.29 is 0 Å². The van der Waals surface area contributed by atoms with Gasteiger partial charge in [0, 0.05) is 12.6 Å². The molecule has 0 saturated carbocycles. The molecule has 2 heterocycles. The number of hydrogen-bond donors (Lipinski definition) is 0. The molecule has 3 aromatic carbocycles. The molecule has 2 atom stereocenters. The molecule has 1 heteroatoms. The average molecular weight is 368 g/mol. The van der Waals surface area contributed by atoms with Gasteiger partial charge in [0.2, 0.25) is 0 Å². The Morgan fingerprint density at radius 2 is 1.50 bits per heavy atom. The fourth-order valence-electron chi connectivity index (χ4n) is 5.34.